The Hall–Kier alpha value is -1.16. The third-order valence-corrected chi connectivity index (χ3v) is 3.24. The largest absolute Gasteiger partial charge is 0.351 e. The summed E-state index contributed by atoms with van der Waals surface area (Å²) < 4.78 is 0. The van der Waals surface area contributed by atoms with Crippen LogP contribution < -0.4 is 10.2 Å². The Bertz CT molecular complexity index is 325. The van der Waals surface area contributed by atoms with Gasteiger partial charge in [-0.2, -0.15) is 5.10 Å². The molecule has 1 unspecified atom stereocenters. The van der Waals surface area contributed by atoms with Gasteiger partial charge in [0.05, 0.1) is 0 Å². The predicted molar refractivity (Wildman–Crippen MR) is 70.2 cm³/mol. The summed E-state index contributed by atoms with van der Waals surface area (Å²) >= 11 is 0. The van der Waals surface area contributed by atoms with Gasteiger partial charge in [0.1, 0.15) is 0 Å². The van der Waals surface area contributed by atoms with Gasteiger partial charge >= 0.3 is 0 Å². The minimum Gasteiger partial charge on any atom is -0.351 e. The van der Waals surface area contributed by atoms with Crippen LogP contribution in [0.2, 0.25) is 0 Å². The van der Waals surface area contributed by atoms with Crippen molar-refractivity contribution in [3.05, 3.63) is 18.3 Å². The summed E-state index contributed by atoms with van der Waals surface area (Å²) in [6.07, 6.45) is 5.56. The van der Waals surface area contributed by atoms with Gasteiger partial charge in [-0.05, 0) is 31.4 Å². The average molecular weight is 234 g/mol. The fourth-order valence-electron chi connectivity index (χ4n) is 2.33. The van der Waals surface area contributed by atoms with Gasteiger partial charge < -0.3 is 10.2 Å². The SMILES string of the molecule is CC(C)NCC1CCCCN1c1cccnn1. The lowest BCUT2D eigenvalue weighted by atomic mass is 10.0. The topological polar surface area (TPSA) is 41.0 Å². The van der Waals surface area contributed by atoms with Crippen LogP contribution >= 0.6 is 0 Å². The van der Waals surface area contributed by atoms with Crippen molar-refractivity contribution in [1.29, 1.82) is 0 Å². The molecular weight excluding hydrogens is 212 g/mol. The fourth-order valence-corrected chi connectivity index (χ4v) is 2.33. The first-order valence-corrected chi connectivity index (χ1v) is 6.55. The highest BCUT2D eigenvalue weighted by Crippen LogP contribution is 2.21. The molecule has 1 saturated heterocycles. The Morgan fingerprint density at radius 3 is 3.06 bits per heavy atom. The summed E-state index contributed by atoms with van der Waals surface area (Å²) in [6.45, 7) is 6.52. The van der Waals surface area contributed by atoms with Gasteiger partial charge in [-0.15, -0.1) is 5.10 Å². The Kier molecular flexibility index (Phi) is 4.31. The smallest absolute Gasteiger partial charge is 0.151 e. The number of rotatable bonds is 4. The molecule has 4 nitrogen and oxygen atoms in total. The monoisotopic (exact) mass is 234 g/mol. The highest BCUT2D eigenvalue weighted by molar-refractivity contribution is 5.38. The first-order chi connectivity index (χ1) is 8.27. The molecule has 0 aromatic carbocycles. The van der Waals surface area contributed by atoms with Crippen LogP contribution in [0.3, 0.4) is 0 Å². The van der Waals surface area contributed by atoms with E-state index in [0.29, 0.717) is 12.1 Å². The molecule has 0 bridgehead atoms. The second-order valence-corrected chi connectivity index (χ2v) is 4.99. The molecule has 1 aliphatic rings. The fraction of sp³-hybridized carbons (Fsp3) is 0.692. The van der Waals surface area contributed by atoms with Crippen molar-refractivity contribution in [3.63, 3.8) is 0 Å². The number of hydrogen-bond acceptors (Lipinski definition) is 4. The summed E-state index contributed by atoms with van der Waals surface area (Å²) in [6, 6.07) is 5.12. The molecule has 4 heteroatoms. The molecule has 2 rings (SSSR count). The van der Waals surface area contributed by atoms with E-state index in [1.54, 1.807) is 6.20 Å². The van der Waals surface area contributed by atoms with Gasteiger partial charge in [-0.25, -0.2) is 0 Å². The summed E-state index contributed by atoms with van der Waals surface area (Å²) in [5, 5.41) is 11.7. The van der Waals surface area contributed by atoms with E-state index in [2.05, 4.69) is 40.3 Å². The molecule has 0 amide bonds. The molecule has 1 aliphatic heterocycles. The summed E-state index contributed by atoms with van der Waals surface area (Å²) in [5.41, 5.74) is 0. The molecule has 0 saturated carbocycles. The molecule has 2 heterocycles. The van der Waals surface area contributed by atoms with E-state index in [1.807, 2.05) is 6.07 Å². The van der Waals surface area contributed by atoms with Crippen LogP contribution in [0.25, 0.3) is 0 Å². The highest BCUT2D eigenvalue weighted by atomic mass is 15.3. The third kappa shape index (κ3) is 3.40. The average Bonchev–Trinajstić information content (AvgIpc) is 2.38. The van der Waals surface area contributed by atoms with Crippen molar-refractivity contribution in [3.8, 4) is 0 Å². The summed E-state index contributed by atoms with van der Waals surface area (Å²) in [7, 11) is 0. The van der Waals surface area contributed by atoms with E-state index in [1.165, 1.54) is 19.3 Å². The van der Waals surface area contributed by atoms with Gasteiger partial charge in [0.2, 0.25) is 0 Å². The normalized spacial score (nSPS) is 20.9. The molecule has 94 valence electrons. The molecule has 1 aromatic rings. The standard InChI is InChI=1S/C13H22N4/c1-11(2)14-10-12-6-3-4-9-17(12)13-7-5-8-15-16-13/h5,7-8,11-12,14H,3-4,6,9-10H2,1-2H3. The lowest BCUT2D eigenvalue weighted by Crippen LogP contribution is -2.47. The Morgan fingerprint density at radius 1 is 1.47 bits per heavy atom. The number of aromatic nitrogens is 2. The predicted octanol–water partition coefficient (Wildman–Crippen LogP) is 1.83. The first kappa shape index (κ1) is 12.3. The maximum absolute atomic E-state index is 4.23. The molecule has 1 fully saturated rings. The lowest BCUT2D eigenvalue weighted by Gasteiger charge is -2.36. The van der Waals surface area contributed by atoms with E-state index < -0.39 is 0 Å². The third-order valence-electron chi connectivity index (χ3n) is 3.24. The zero-order chi connectivity index (χ0) is 12.1. The van der Waals surface area contributed by atoms with Crippen molar-refractivity contribution in [2.45, 2.75) is 45.2 Å². The number of piperidine rings is 1. The number of nitrogens with zero attached hydrogens (tertiary/aromatic N) is 3. The maximum atomic E-state index is 4.23. The van der Waals surface area contributed by atoms with Crippen molar-refractivity contribution >= 4 is 5.82 Å². The molecule has 1 N–H and O–H groups in total. The molecule has 0 radical (unpaired) electrons. The van der Waals surface area contributed by atoms with Gasteiger partial charge in [0.15, 0.2) is 5.82 Å². The van der Waals surface area contributed by atoms with Gasteiger partial charge in [-0.3, -0.25) is 0 Å². The lowest BCUT2D eigenvalue weighted by molar-refractivity contribution is 0.418. The van der Waals surface area contributed by atoms with E-state index in [0.717, 1.165) is 18.9 Å². The van der Waals surface area contributed by atoms with Gasteiger partial charge in [0.25, 0.3) is 0 Å². The molecule has 1 aromatic heterocycles. The second-order valence-electron chi connectivity index (χ2n) is 4.99. The van der Waals surface area contributed by atoms with Crippen LogP contribution in [0.15, 0.2) is 18.3 Å². The Labute approximate surface area is 103 Å². The molecular formula is C13H22N4. The zero-order valence-electron chi connectivity index (χ0n) is 10.8. The molecule has 0 spiro atoms. The van der Waals surface area contributed by atoms with E-state index in [9.17, 15) is 0 Å². The summed E-state index contributed by atoms with van der Waals surface area (Å²) in [4.78, 5) is 2.39. The maximum Gasteiger partial charge on any atom is 0.151 e. The van der Waals surface area contributed by atoms with Crippen LogP contribution in [0.1, 0.15) is 33.1 Å². The number of anilines is 1. The van der Waals surface area contributed by atoms with Crippen LogP contribution in [0.4, 0.5) is 5.82 Å². The van der Waals surface area contributed by atoms with Gasteiger partial charge in [-0.1, -0.05) is 13.8 Å². The zero-order valence-corrected chi connectivity index (χ0v) is 10.8. The van der Waals surface area contributed by atoms with E-state index >= 15 is 0 Å². The van der Waals surface area contributed by atoms with Crippen molar-refractivity contribution < 1.29 is 0 Å². The van der Waals surface area contributed by atoms with Crippen LogP contribution in [-0.4, -0.2) is 35.4 Å². The molecule has 1 atom stereocenters. The first-order valence-electron chi connectivity index (χ1n) is 6.55. The van der Waals surface area contributed by atoms with Gasteiger partial charge in [0, 0.05) is 31.4 Å². The van der Waals surface area contributed by atoms with Crippen LogP contribution in [0.5, 0.6) is 0 Å². The highest BCUT2D eigenvalue weighted by Gasteiger charge is 2.23. The Balaban J connectivity index is 2.02. The Morgan fingerprint density at radius 2 is 2.35 bits per heavy atom. The molecule has 0 aliphatic carbocycles. The van der Waals surface area contributed by atoms with Crippen LogP contribution in [0, 0.1) is 0 Å². The van der Waals surface area contributed by atoms with E-state index in [-0.39, 0.29) is 0 Å². The summed E-state index contributed by atoms with van der Waals surface area (Å²) in [5.74, 6) is 1.02. The van der Waals surface area contributed by atoms with Crippen molar-refractivity contribution in [2.75, 3.05) is 18.0 Å². The minimum absolute atomic E-state index is 0.542. The van der Waals surface area contributed by atoms with Crippen molar-refractivity contribution in [1.82, 2.24) is 15.5 Å². The number of hydrogen-bond donors (Lipinski definition) is 1. The quantitative estimate of drug-likeness (QED) is 0.863. The van der Waals surface area contributed by atoms with Crippen LogP contribution in [-0.2, 0) is 0 Å². The second kappa shape index (κ2) is 5.96. The van der Waals surface area contributed by atoms with E-state index in [4.69, 9.17) is 0 Å². The van der Waals surface area contributed by atoms with Crippen molar-refractivity contribution in [2.24, 2.45) is 0 Å². The molecule has 17 heavy (non-hydrogen) atoms. The minimum atomic E-state index is 0.542. The number of nitrogens with one attached hydrogen (secondary N) is 1.